The van der Waals surface area contributed by atoms with Crippen molar-refractivity contribution in [1.82, 2.24) is 9.55 Å². The van der Waals surface area contributed by atoms with Gasteiger partial charge in [-0.2, -0.15) is 0 Å². The average Bonchev–Trinajstić information content (AvgIpc) is 3.52. The van der Waals surface area contributed by atoms with Crippen molar-refractivity contribution in [3.63, 3.8) is 0 Å². The molecule has 0 aliphatic heterocycles. The third-order valence-corrected chi connectivity index (χ3v) is 7.80. The predicted octanol–water partition coefficient (Wildman–Crippen LogP) is 10.4. The molecule has 0 aliphatic carbocycles. The summed E-state index contributed by atoms with van der Waals surface area (Å²) in [5.41, 5.74) is 4.54. The van der Waals surface area contributed by atoms with Crippen molar-refractivity contribution >= 4 is 43.4 Å². The Morgan fingerprint density at radius 2 is 1.17 bits per heavy atom. The highest BCUT2D eigenvalue weighted by atomic mass is 15.1. The summed E-state index contributed by atoms with van der Waals surface area (Å²) in [6.45, 7) is 2.06. The molecule has 7 aromatic carbocycles. The van der Waals surface area contributed by atoms with Gasteiger partial charge in [0.2, 0.25) is 0 Å². The molecule has 0 spiro atoms. The van der Waals surface area contributed by atoms with Crippen molar-refractivity contribution in [3.8, 4) is 27.9 Å². The third-order valence-electron chi connectivity index (χ3n) is 7.80. The van der Waals surface area contributed by atoms with Gasteiger partial charge in [-0.3, -0.25) is 4.57 Å². The highest BCUT2D eigenvalue weighted by molar-refractivity contribution is 6.23. The fourth-order valence-electron chi connectivity index (χ4n) is 6.07. The van der Waals surface area contributed by atoms with Gasteiger partial charge in [-0.15, -0.1) is 0 Å². The van der Waals surface area contributed by atoms with Crippen LogP contribution >= 0.6 is 0 Å². The topological polar surface area (TPSA) is 17.8 Å². The third kappa shape index (κ3) is 3.61. The fourth-order valence-corrected chi connectivity index (χ4v) is 6.07. The van der Waals surface area contributed by atoms with Gasteiger partial charge in [-0.1, -0.05) is 128 Å². The van der Waals surface area contributed by atoms with Crippen molar-refractivity contribution in [2.75, 3.05) is 0 Å². The van der Waals surface area contributed by atoms with E-state index < -0.39 is 24.2 Å². The zero-order chi connectivity index (χ0) is 34.3. The molecule has 1 heterocycles. The van der Waals surface area contributed by atoms with E-state index in [0.717, 1.165) is 33.3 Å². The van der Waals surface area contributed by atoms with Crippen molar-refractivity contribution in [2.45, 2.75) is 13.3 Å². The minimum Gasteiger partial charge on any atom is -0.296 e. The molecule has 0 bridgehead atoms. The second kappa shape index (κ2) is 9.46. The predicted molar refractivity (Wildman–Crippen MR) is 174 cm³/mol. The zero-order valence-corrected chi connectivity index (χ0v) is 22.3. The molecule has 0 aliphatic rings. The number of para-hydroxylation sites is 2. The number of rotatable bonds is 4. The summed E-state index contributed by atoms with van der Waals surface area (Å²) in [4.78, 5) is 4.89. The van der Waals surface area contributed by atoms with Gasteiger partial charge >= 0.3 is 0 Å². The molecule has 2 heteroatoms. The summed E-state index contributed by atoms with van der Waals surface area (Å²) in [6.07, 6.45) is 0.688. The summed E-state index contributed by atoms with van der Waals surface area (Å²) < 4.78 is 73.9. The van der Waals surface area contributed by atoms with Gasteiger partial charge in [-0.05, 0) is 67.4 Å². The van der Waals surface area contributed by atoms with Crippen LogP contribution < -0.4 is 0 Å². The number of aromatic nitrogens is 2. The molecule has 41 heavy (non-hydrogen) atoms. The molecule has 8 rings (SSSR count). The number of aryl methyl sites for hydroxylation is 1. The van der Waals surface area contributed by atoms with Crippen LogP contribution in [0.4, 0.5) is 0 Å². The first-order chi connectivity index (χ1) is 23.6. The molecule has 194 valence electrons. The largest absolute Gasteiger partial charge is 0.296 e. The Morgan fingerprint density at radius 3 is 1.85 bits per heavy atom. The maximum Gasteiger partial charge on any atom is 0.114 e. The van der Waals surface area contributed by atoms with Gasteiger partial charge < -0.3 is 0 Å². The van der Waals surface area contributed by atoms with E-state index in [1.165, 1.54) is 0 Å². The summed E-state index contributed by atoms with van der Waals surface area (Å²) >= 11 is 0. The molecule has 0 atom stereocenters. The number of fused-ring (bicyclic) bond motifs is 4. The zero-order valence-electron chi connectivity index (χ0n) is 30.3. The molecular formula is C39H28N2. The summed E-state index contributed by atoms with van der Waals surface area (Å²) in [6, 6.07) is 25.8. The first kappa shape index (κ1) is 16.8. The van der Waals surface area contributed by atoms with Crippen LogP contribution in [-0.2, 0) is 6.42 Å². The van der Waals surface area contributed by atoms with Crippen molar-refractivity contribution in [1.29, 1.82) is 0 Å². The lowest BCUT2D eigenvalue weighted by molar-refractivity contribution is 0.913. The Balaban J connectivity index is 1.63. The maximum absolute atomic E-state index is 9.28. The van der Waals surface area contributed by atoms with Gasteiger partial charge in [0.25, 0.3) is 0 Å². The summed E-state index contributed by atoms with van der Waals surface area (Å²) in [7, 11) is 0. The van der Waals surface area contributed by atoms with Crippen molar-refractivity contribution in [2.24, 2.45) is 0 Å². The van der Waals surface area contributed by atoms with Gasteiger partial charge in [0, 0.05) is 11.8 Å². The average molecular weight is 533 g/mol. The minimum atomic E-state index is -0.420. The van der Waals surface area contributed by atoms with E-state index in [9.17, 15) is 5.48 Å². The lowest BCUT2D eigenvalue weighted by atomic mass is 9.84. The van der Waals surface area contributed by atoms with Crippen LogP contribution in [0.1, 0.15) is 23.7 Å². The van der Waals surface area contributed by atoms with Gasteiger partial charge in [-0.25, -0.2) is 4.98 Å². The van der Waals surface area contributed by atoms with E-state index in [1.807, 2.05) is 66.7 Å². The monoisotopic (exact) mass is 532 g/mol. The number of imidazole rings is 1. The van der Waals surface area contributed by atoms with Crippen LogP contribution in [0.2, 0.25) is 0 Å². The maximum atomic E-state index is 9.28. The Bertz CT molecular complexity index is 2600. The van der Waals surface area contributed by atoms with E-state index in [2.05, 4.69) is 11.5 Å². The van der Waals surface area contributed by atoms with Crippen molar-refractivity contribution in [3.05, 3.63) is 145 Å². The van der Waals surface area contributed by atoms with Crippen LogP contribution in [0.15, 0.2) is 139 Å². The van der Waals surface area contributed by atoms with Crippen LogP contribution in [0, 0.1) is 0 Å². The number of hydrogen-bond acceptors (Lipinski definition) is 1. The SMILES string of the molecule is [2H]c1c([2H])c([2H])c2c(-c3ccc(-n4c(CC)nc5ccccc54)c4ccccc34)c3c([2H])c([2H])c([2H])c([2H])c3c(-c3ccccc3)c2c1[2H]. The normalized spacial score (nSPS) is 14.4. The molecule has 0 amide bonds. The Morgan fingerprint density at radius 1 is 0.585 bits per heavy atom. The molecule has 0 radical (unpaired) electrons. The van der Waals surface area contributed by atoms with E-state index in [-0.39, 0.29) is 45.7 Å². The first-order valence-corrected chi connectivity index (χ1v) is 13.7. The molecule has 0 fully saturated rings. The quantitative estimate of drug-likeness (QED) is 0.206. The number of benzene rings is 7. The molecular weight excluding hydrogens is 496 g/mol. The van der Waals surface area contributed by atoms with E-state index in [0.29, 0.717) is 28.7 Å². The van der Waals surface area contributed by atoms with Crippen LogP contribution in [0.5, 0.6) is 0 Å². The van der Waals surface area contributed by atoms with Crippen molar-refractivity contribution < 1.29 is 11.0 Å². The first-order valence-electron chi connectivity index (χ1n) is 17.7. The van der Waals surface area contributed by atoms with Crippen LogP contribution in [0.25, 0.3) is 71.3 Å². The number of nitrogens with zero attached hydrogens (tertiary/aromatic N) is 2. The Hall–Kier alpha value is -5.21. The molecule has 0 saturated heterocycles. The summed E-state index contributed by atoms with van der Waals surface area (Å²) in [5, 5.41) is 2.41. The number of hydrogen-bond donors (Lipinski definition) is 0. The second-order valence-electron chi connectivity index (χ2n) is 10.00. The summed E-state index contributed by atoms with van der Waals surface area (Å²) in [5.74, 6) is 0.880. The fraction of sp³-hybridized carbons (Fsp3) is 0.0513. The second-order valence-corrected chi connectivity index (χ2v) is 10.00. The van der Waals surface area contributed by atoms with Gasteiger partial charge in [0.1, 0.15) is 5.82 Å². The molecule has 8 aromatic rings. The minimum absolute atomic E-state index is 0.197. The highest BCUT2D eigenvalue weighted by Gasteiger charge is 2.20. The molecule has 0 unspecified atom stereocenters. The lowest BCUT2D eigenvalue weighted by Gasteiger charge is -2.20. The highest BCUT2D eigenvalue weighted by Crippen LogP contribution is 2.46. The standard InChI is InChI=1S/C39H28N2/c1-2-37-40-34-22-12-13-23-36(34)41(37)35-25-24-33(27-16-6-7-17-28(27)35)39-31-20-10-8-18-29(31)38(26-14-4-3-5-15-26)30-19-9-11-21-32(30)39/h3-25H,2H2,1H3/i8D,9D,10D,11D,18D,19D,20D,21D. The Labute approximate surface area is 250 Å². The van der Waals surface area contributed by atoms with Gasteiger partial charge in [0.05, 0.1) is 27.7 Å². The van der Waals surface area contributed by atoms with E-state index >= 15 is 0 Å². The molecule has 1 aromatic heterocycles. The molecule has 0 saturated carbocycles. The smallest absolute Gasteiger partial charge is 0.114 e. The van der Waals surface area contributed by atoms with Crippen LogP contribution in [0.3, 0.4) is 0 Å². The molecule has 2 nitrogen and oxygen atoms in total. The van der Waals surface area contributed by atoms with Crippen LogP contribution in [-0.4, -0.2) is 9.55 Å². The molecule has 0 N–H and O–H groups in total. The lowest BCUT2D eigenvalue weighted by Crippen LogP contribution is -2.01. The Kier molecular flexibility index (Phi) is 3.88. The van der Waals surface area contributed by atoms with E-state index in [4.69, 9.17) is 10.5 Å². The van der Waals surface area contributed by atoms with Gasteiger partial charge in [0.15, 0.2) is 0 Å². The van der Waals surface area contributed by atoms with E-state index in [1.54, 1.807) is 24.3 Å².